The summed E-state index contributed by atoms with van der Waals surface area (Å²) in [6, 6.07) is 1.000. The molecule has 0 aromatic heterocycles. The number of aliphatic hydroxyl groups is 3. The summed E-state index contributed by atoms with van der Waals surface area (Å²) in [5.41, 5.74) is 0.487. The van der Waals surface area contributed by atoms with Gasteiger partial charge in [-0.1, -0.05) is 19.4 Å². The molecule has 1 aromatic rings. The van der Waals surface area contributed by atoms with Gasteiger partial charge in [0, 0.05) is 31.4 Å². The first kappa shape index (κ1) is 33.5. The Balaban J connectivity index is 2.05. The maximum Gasteiger partial charge on any atom is 0.339 e. The number of methoxy groups -OCH3 is 1. The van der Waals surface area contributed by atoms with Crippen LogP contribution in [0.1, 0.15) is 80.8 Å². The second kappa shape index (κ2) is 14.3. The lowest BCUT2D eigenvalue weighted by molar-refractivity contribution is -0.214. The molecule has 1 aromatic carbocycles. The van der Waals surface area contributed by atoms with Crippen LogP contribution < -0.4 is 5.32 Å². The molecule has 0 spiro atoms. The van der Waals surface area contributed by atoms with Crippen molar-refractivity contribution in [2.45, 2.75) is 109 Å². The van der Waals surface area contributed by atoms with Crippen molar-refractivity contribution >= 4 is 11.9 Å². The molecule has 1 aliphatic rings. The number of phenolic OH excluding ortho intramolecular Hbond substituents is 1. The van der Waals surface area contributed by atoms with E-state index in [2.05, 4.69) is 11.9 Å². The molecule has 0 bridgehead atoms. The molecule has 226 valence electrons. The van der Waals surface area contributed by atoms with Crippen molar-refractivity contribution in [2.75, 3.05) is 7.11 Å². The maximum absolute atomic E-state index is 12.5. The zero-order chi connectivity index (χ0) is 30.4. The molecule has 1 unspecified atom stereocenters. The summed E-state index contributed by atoms with van der Waals surface area (Å²) in [6.45, 7) is 10.8. The molecular formula is C29H45NO10. The van der Waals surface area contributed by atoms with E-state index in [1.54, 1.807) is 6.92 Å². The van der Waals surface area contributed by atoms with Gasteiger partial charge in [0.25, 0.3) is 5.91 Å². The van der Waals surface area contributed by atoms with E-state index >= 15 is 0 Å². The average molecular weight is 568 g/mol. The molecule has 11 nitrogen and oxygen atoms in total. The minimum Gasteiger partial charge on any atom is -0.508 e. The number of carboxylic acids is 1. The van der Waals surface area contributed by atoms with Crippen LogP contribution in [0.15, 0.2) is 18.2 Å². The van der Waals surface area contributed by atoms with Crippen LogP contribution in [0.3, 0.4) is 0 Å². The van der Waals surface area contributed by atoms with Crippen molar-refractivity contribution in [1.29, 1.82) is 0 Å². The largest absolute Gasteiger partial charge is 0.508 e. The molecule has 1 saturated heterocycles. The Morgan fingerprint density at radius 3 is 2.45 bits per heavy atom. The summed E-state index contributed by atoms with van der Waals surface area (Å²) >= 11 is 0. The van der Waals surface area contributed by atoms with E-state index in [1.807, 2.05) is 20.8 Å². The van der Waals surface area contributed by atoms with Crippen LogP contribution >= 0.6 is 0 Å². The lowest BCUT2D eigenvalue weighted by atomic mass is 9.74. The van der Waals surface area contributed by atoms with Crippen LogP contribution in [0.5, 0.6) is 11.5 Å². The first-order chi connectivity index (χ1) is 18.6. The summed E-state index contributed by atoms with van der Waals surface area (Å²) in [6.07, 6.45) is -3.38. The average Bonchev–Trinajstić information content (AvgIpc) is 2.86. The first-order valence-corrected chi connectivity index (χ1v) is 13.5. The smallest absolute Gasteiger partial charge is 0.339 e. The summed E-state index contributed by atoms with van der Waals surface area (Å²) in [5.74, 6) is -2.66. The SMILES string of the molecule is C=C(C)CC[C@H](O)C(=O)N[C@@H](OC)[C@@H]1CC(O)C(C)(C)[C@@H](C[C@H](O)CCCc2c(C)c(O)cc(O)c2C(=O)O)O1. The lowest BCUT2D eigenvalue weighted by Gasteiger charge is -2.47. The lowest BCUT2D eigenvalue weighted by Crippen LogP contribution is -2.58. The van der Waals surface area contributed by atoms with Crippen molar-refractivity contribution < 1.29 is 49.7 Å². The van der Waals surface area contributed by atoms with Gasteiger partial charge < -0.3 is 45.4 Å². The highest BCUT2D eigenvalue weighted by molar-refractivity contribution is 5.93. The standard InChI is InChI=1S/C29H45NO10/c1-15(2)10-11-19(32)26(36)30-27(39-6)22-14-23(35)29(4,5)24(40-22)12-17(31)8-7-9-18-16(3)20(33)13-21(34)25(18)28(37)38/h13,17,19,22-24,27,31-35H,1,7-12,14H2,2-6H3,(H,30,36)(H,37,38)/t17-,19+,22+,23?,24-,27+/m1/s1. The molecule has 0 radical (unpaired) electrons. The van der Waals surface area contributed by atoms with Gasteiger partial charge >= 0.3 is 5.97 Å². The number of benzene rings is 1. The predicted octanol–water partition coefficient (Wildman–Crippen LogP) is 2.53. The Bertz CT molecular complexity index is 1060. The third kappa shape index (κ3) is 8.40. The molecule has 2 rings (SSSR count). The quantitative estimate of drug-likeness (QED) is 0.130. The van der Waals surface area contributed by atoms with Gasteiger partial charge in [-0.25, -0.2) is 4.79 Å². The second-order valence-corrected chi connectivity index (χ2v) is 11.4. The van der Waals surface area contributed by atoms with Gasteiger partial charge in [0.2, 0.25) is 0 Å². The van der Waals surface area contributed by atoms with Crippen molar-refractivity contribution in [3.8, 4) is 11.5 Å². The molecule has 40 heavy (non-hydrogen) atoms. The highest BCUT2D eigenvalue weighted by Crippen LogP contribution is 2.40. The van der Waals surface area contributed by atoms with Crippen LogP contribution in [-0.4, -0.2) is 86.4 Å². The predicted molar refractivity (Wildman–Crippen MR) is 147 cm³/mol. The number of aliphatic hydroxyl groups excluding tert-OH is 3. The summed E-state index contributed by atoms with van der Waals surface area (Å²) < 4.78 is 11.7. The van der Waals surface area contributed by atoms with Gasteiger partial charge in [-0.05, 0) is 57.1 Å². The Morgan fingerprint density at radius 1 is 1.23 bits per heavy atom. The second-order valence-electron chi connectivity index (χ2n) is 11.4. The number of allylic oxidation sites excluding steroid dienone is 1. The Hall–Kier alpha value is -2.70. The number of nitrogens with one attached hydrogen (secondary N) is 1. The molecule has 6 atom stereocenters. The number of hydrogen-bond donors (Lipinski definition) is 7. The zero-order valence-corrected chi connectivity index (χ0v) is 24.0. The fourth-order valence-electron chi connectivity index (χ4n) is 5.03. The zero-order valence-electron chi connectivity index (χ0n) is 24.0. The monoisotopic (exact) mass is 567 g/mol. The third-order valence-electron chi connectivity index (χ3n) is 7.84. The number of carbonyl (C=O) groups is 2. The van der Waals surface area contributed by atoms with Gasteiger partial charge in [-0.2, -0.15) is 0 Å². The van der Waals surface area contributed by atoms with E-state index in [0.29, 0.717) is 24.0 Å². The van der Waals surface area contributed by atoms with E-state index in [4.69, 9.17) is 9.47 Å². The van der Waals surface area contributed by atoms with Crippen molar-refractivity contribution in [2.24, 2.45) is 5.41 Å². The Kier molecular flexibility index (Phi) is 12.0. The summed E-state index contributed by atoms with van der Waals surface area (Å²) in [4.78, 5) is 24.2. The van der Waals surface area contributed by atoms with Crippen LogP contribution in [-0.2, 0) is 20.7 Å². The summed E-state index contributed by atoms with van der Waals surface area (Å²) in [5, 5.41) is 64.1. The van der Waals surface area contributed by atoms with E-state index in [1.165, 1.54) is 7.11 Å². The number of phenols is 2. The minimum absolute atomic E-state index is 0.155. The van der Waals surface area contributed by atoms with Crippen molar-refractivity contribution in [3.05, 3.63) is 34.9 Å². The van der Waals surface area contributed by atoms with Crippen molar-refractivity contribution in [1.82, 2.24) is 5.32 Å². The number of aromatic hydroxyl groups is 2. The molecule has 0 saturated carbocycles. The van der Waals surface area contributed by atoms with Crippen LogP contribution in [0.2, 0.25) is 0 Å². The van der Waals surface area contributed by atoms with E-state index in [-0.39, 0.29) is 43.4 Å². The van der Waals surface area contributed by atoms with Crippen LogP contribution in [0.25, 0.3) is 0 Å². The maximum atomic E-state index is 12.5. The number of ether oxygens (including phenoxy) is 2. The first-order valence-electron chi connectivity index (χ1n) is 13.5. The number of amides is 1. The van der Waals surface area contributed by atoms with E-state index < -0.39 is 59.8 Å². The van der Waals surface area contributed by atoms with Gasteiger partial charge in [0.15, 0.2) is 6.23 Å². The summed E-state index contributed by atoms with van der Waals surface area (Å²) in [7, 11) is 1.39. The van der Waals surface area contributed by atoms with Gasteiger partial charge in [-0.3, -0.25) is 4.79 Å². The molecule has 1 amide bonds. The van der Waals surface area contributed by atoms with Crippen LogP contribution in [0, 0.1) is 12.3 Å². The molecule has 1 heterocycles. The number of rotatable bonds is 14. The normalized spacial score (nSPS) is 22.8. The number of carbonyl (C=O) groups excluding carboxylic acids is 1. The topological polar surface area (TPSA) is 186 Å². The third-order valence-corrected chi connectivity index (χ3v) is 7.84. The number of hydrogen-bond acceptors (Lipinski definition) is 9. The van der Waals surface area contributed by atoms with Gasteiger partial charge in [0.1, 0.15) is 29.3 Å². The van der Waals surface area contributed by atoms with E-state index in [9.17, 15) is 40.2 Å². The number of aromatic carboxylic acids is 1. The molecule has 1 aliphatic heterocycles. The van der Waals surface area contributed by atoms with E-state index in [0.717, 1.165) is 11.6 Å². The van der Waals surface area contributed by atoms with Gasteiger partial charge in [-0.15, -0.1) is 6.58 Å². The van der Waals surface area contributed by atoms with Crippen molar-refractivity contribution in [3.63, 3.8) is 0 Å². The molecule has 1 fully saturated rings. The number of carboxylic acid groups (broad SMARTS) is 1. The molecular weight excluding hydrogens is 522 g/mol. The van der Waals surface area contributed by atoms with Crippen LogP contribution in [0.4, 0.5) is 0 Å². The highest BCUT2D eigenvalue weighted by atomic mass is 16.6. The molecule has 0 aliphatic carbocycles. The Morgan fingerprint density at radius 2 is 1.88 bits per heavy atom. The Labute approximate surface area is 235 Å². The minimum atomic E-state index is -1.31. The fraction of sp³-hybridized carbons (Fsp3) is 0.655. The molecule has 11 heteroatoms. The fourth-order valence-corrected chi connectivity index (χ4v) is 5.03. The van der Waals surface area contributed by atoms with Gasteiger partial charge in [0.05, 0.1) is 18.3 Å². The molecule has 7 N–H and O–H groups in total. The highest BCUT2D eigenvalue weighted by Gasteiger charge is 2.47.